The monoisotopic (exact) mass is 242 g/mol. The van der Waals surface area contributed by atoms with E-state index in [9.17, 15) is 4.79 Å². The first kappa shape index (κ1) is 14.5. The highest BCUT2D eigenvalue weighted by molar-refractivity contribution is 5.86. The molecule has 0 aromatic heterocycles. The molecule has 0 radical (unpaired) electrons. The van der Waals surface area contributed by atoms with Crippen LogP contribution in [0.4, 0.5) is 0 Å². The van der Waals surface area contributed by atoms with Crippen molar-refractivity contribution < 1.29 is 9.53 Å². The first-order chi connectivity index (χ1) is 8.05. The van der Waals surface area contributed by atoms with Gasteiger partial charge in [0, 0.05) is 20.7 Å². The number of amides is 1. The standard InChI is InChI=1S/C13H26N2O2/c1-5-13(7-6-8-14-13)12(16)15(3)9-11(2)10-17-4/h11,14H,5-10H2,1-4H3/t11-,13-/m1/s1. The zero-order valence-electron chi connectivity index (χ0n) is 11.6. The number of rotatable bonds is 6. The molecule has 0 unspecified atom stereocenters. The summed E-state index contributed by atoms with van der Waals surface area (Å²) in [6.07, 6.45) is 2.93. The lowest BCUT2D eigenvalue weighted by Gasteiger charge is -2.33. The zero-order valence-corrected chi connectivity index (χ0v) is 11.6. The van der Waals surface area contributed by atoms with Crippen molar-refractivity contribution in [1.82, 2.24) is 10.2 Å². The maximum atomic E-state index is 12.5. The molecule has 0 aromatic carbocycles. The molecule has 1 saturated heterocycles. The summed E-state index contributed by atoms with van der Waals surface area (Å²) in [6.45, 7) is 6.61. The van der Waals surface area contributed by atoms with E-state index in [1.54, 1.807) is 7.11 Å². The maximum absolute atomic E-state index is 12.5. The minimum atomic E-state index is -0.304. The van der Waals surface area contributed by atoms with Crippen molar-refractivity contribution in [3.05, 3.63) is 0 Å². The third kappa shape index (κ3) is 3.42. The highest BCUT2D eigenvalue weighted by Crippen LogP contribution is 2.25. The maximum Gasteiger partial charge on any atom is 0.242 e. The number of hydrogen-bond donors (Lipinski definition) is 1. The molecule has 1 aliphatic heterocycles. The fourth-order valence-corrected chi connectivity index (χ4v) is 2.69. The Kier molecular flexibility index (Phi) is 5.40. The number of hydrogen-bond acceptors (Lipinski definition) is 3. The minimum Gasteiger partial charge on any atom is -0.384 e. The van der Waals surface area contributed by atoms with E-state index in [0.29, 0.717) is 12.5 Å². The molecule has 4 nitrogen and oxygen atoms in total. The molecule has 0 bridgehead atoms. The lowest BCUT2D eigenvalue weighted by atomic mass is 9.92. The number of ether oxygens (including phenoxy) is 1. The van der Waals surface area contributed by atoms with Gasteiger partial charge in [-0.05, 0) is 31.7 Å². The topological polar surface area (TPSA) is 41.6 Å². The number of nitrogens with one attached hydrogen (secondary N) is 1. The van der Waals surface area contributed by atoms with Gasteiger partial charge in [0.05, 0.1) is 12.1 Å². The summed E-state index contributed by atoms with van der Waals surface area (Å²) >= 11 is 0. The number of carbonyl (C=O) groups is 1. The third-order valence-electron chi connectivity index (χ3n) is 3.64. The summed E-state index contributed by atoms with van der Waals surface area (Å²) < 4.78 is 5.11. The third-order valence-corrected chi connectivity index (χ3v) is 3.64. The predicted molar refractivity (Wildman–Crippen MR) is 68.9 cm³/mol. The minimum absolute atomic E-state index is 0.237. The van der Waals surface area contributed by atoms with Gasteiger partial charge in [0.25, 0.3) is 0 Å². The molecule has 17 heavy (non-hydrogen) atoms. The van der Waals surface area contributed by atoms with Crippen LogP contribution in [0.3, 0.4) is 0 Å². The first-order valence-corrected chi connectivity index (χ1v) is 6.55. The highest BCUT2D eigenvalue weighted by atomic mass is 16.5. The summed E-state index contributed by atoms with van der Waals surface area (Å²) in [5.74, 6) is 0.615. The Bertz CT molecular complexity index is 250. The van der Waals surface area contributed by atoms with Gasteiger partial charge in [-0.1, -0.05) is 13.8 Å². The van der Waals surface area contributed by atoms with E-state index in [0.717, 1.165) is 32.4 Å². The number of nitrogens with zero attached hydrogens (tertiary/aromatic N) is 1. The van der Waals surface area contributed by atoms with Crippen molar-refractivity contribution in [2.24, 2.45) is 5.92 Å². The van der Waals surface area contributed by atoms with E-state index in [2.05, 4.69) is 19.2 Å². The van der Waals surface area contributed by atoms with Crippen molar-refractivity contribution in [1.29, 1.82) is 0 Å². The van der Waals surface area contributed by atoms with Crippen LogP contribution in [0.15, 0.2) is 0 Å². The Balaban J connectivity index is 2.55. The lowest BCUT2D eigenvalue weighted by Crippen LogP contribution is -2.54. The van der Waals surface area contributed by atoms with E-state index in [1.807, 2.05) is 11.9 Å². The second kappa shape index (κ2) is 6.36. The molecule has 0 saturated carbocycles. The highest BCUT2D eigenvalue weighted by Gasteiger charge is 2.40. The van der Waals surface area contributed by atoms with Gasteiger partial charge >= 0.3 is 0 Å². The van der Waals surface area contributed by atoms with E-state index in [4.69, 9.17) is 4.74 Å². The van der Waals surface area contributed by atoms with Crippen LogP contribution in [0.2, 0.25) is 0 Å². The Morgan fingerprint density at radius 1 is 1.59 bits per heavy atom. The van der Waals surface area contributed by atoms with Gasteiger partial charge in [0.15, 0.2) is 0 Å². The molecule has 1 N–H and O–H groups in total. The van der Waals surface area contributed by atoms with E-state index in [1.165, 1.54) is 0 Å². The summed E-state index contributed by atoms with van der Waals surface area (Å²) in [5, 5.41) is 3.38. The molecule has 0 aromatic rings. The molecule has 1 fully saturated rings. The van der Waals surface area contributed by atoms with E-state index < -0.39 is 0 Å². The Morgan fingerprint density at radius 3 is 2.76 bits per heavy atom. The van der Waals surface area contributed by atoms with Crippen molar-refractivity contribution >= 4 is 5.91 Å². The fourth-order valence-electron chi connectivity index (χ4n) is 2.69. The van der Waals surface area contributed by atoms with Gasteiger partial charge in [-0.15, -0.1) is 0 Å². The average molecular weight is 242 g/mol. The van der Waals surface area contributed by atoms with Gasteiger partial charge in [0.1, 0.15) is 0 Å². The molecule has 0 aliphatic carbocycles. The second-order valence-corrected chi connectivity index (χ2v) is 5.21. The lowest BCUT2D eigenvalue weighted by molar-refractivity contribution is -0.137. The van der Waals surface area contributed by atoms with Crippen molar-refractivity contribution in [2.45, 2.75) is 38.6 Å². The molecule has 100 valence electrons. The predicted octanol–water partition coefficient (Wildman–Crippen LogP) is 1.26. The fraction of sp³-hybridized carbons (Fsp3) is 0.923. The van der Waals surface area contributed by atoms with Crippen LogP contribution in [-0.2, 0) is 9.53 Å². The molecular weight excluding hydrogens is 216 g/mol. The van der Waals surface area contributed by atoms with Crippen LogP contribution in [-0.4, -0.2) is 50.2 Å². The molecule has 1 aliphatic rings. The summed E-state index contributed by atoms with van der Waals surface area (Å²) in [7, 11) is 3.59. The van der Waals surface area contributed by atoms with Crippen molar-refractivity contribution in [2.75, 3.05) is 33.9 Å². The van der Waals surface area contributed by atoms with Crippen LogP contribution in [0.5, 0.6) is 0 Å². The largest absolute Gasteiger partial charge is 0.384 e. The van der Waals surface area contributed by atoms with Gasteiger partial charge in [-0.3, -0.25) is 4.79 Å². The Hall–Kier alpha value is -0.610. The van der Waals surface area contributed by atoms with Gasteiger partial charge < -0.3 is 15.0 Å². The Labute approximate surface area is 105 Å². The molecule has 2 atom stereocenters. The summed E-state index contributed by atoms with van der Waals surface area (Å²) in [4.78, 5) is 14.3. The Morgan fingerprint density at radius 2 is 2.29 bits per heavy atom. The number of methoxy groups -OCH3 is 1. The van der Waals surface area contributed by atoms with Crippen LogP contribution >= 0.6 is 0 Å². The average Bonchev–Trinajstić information content (AvgIpc) is 2.78. The molecular formula is C13H26N2O2. The second-order valence-electron chi connectivity index (χ2n) is 5.21. The SMILES string of the molecule is CC[C@]1(C(=O)N(C)C[C@@H](C)COC)CCCN1. The van der Waals surface area contributed by atoms with E-state index >= 15 is 0 Å². The van der Waals surface area contributed by atoms with Crippen molar-refractivity contribution in [3.63, 3.8) is 0 Å². The van der Waals surface area contributed by atoms with Crippen LogP contribution in [0, 0.1) is 5.92 Å². The molecule has 1 rings (SSSR count). The van der Waals surface area contributed by atoms with Crippen LogP contribution in [0.25, 0.3) is 0 Å². The normalized spacial score (nSPS) is 25.9. The smallest absolute Gasteiger partial charge is 0.242 e. The molecule has 0 spiro atoms. The van der Waals surface area contributed by atoms with Gasteiger partial charge in [0.2, 0.25) is 5.91 Å². The number of carbonyl (C=O) groups excluding carboxylic acids is 1. The van der Waals surface area contributed by atoms with Crippen LogP contribution in [0.1, 0.15) is 33.1 Å². The summed E-state index contributed by atoms with van der Waals surface area (Å²) in [5.41, 5.74) is -0.304. The quantitative estimate of drug-likeness (QED) is 0.762. The first-order valence-electron chi connectivity index (χ1n) is 6.55. The number of likely N-dealkylation sites (N-methyl/N-ethyl adjacent to an activating group) is 1. The van der Waals surface area contributed by atoms with Crippen molar-refractivity contribution in [3.8, 4) is 0 Å². The molecule has 1 amide bonds. The van der Waals surface area contributed by atoms with Gasteiger partial charge in [-0.25, -0.2) is 0 Å². The summed E-state index contributed by atoms with van der Waals surface area (Å²) in [6, 6.07) is 0. The zero-order chi connectivity index (χ0) is 12.9. The molecule has 1 heterocycles. The molecule has 4 heteroatoms. The van der Waals surface area contributed by atoms with Crippen LogP contribution < -0.4 is 5.32 Å². The van der Waals surface area contributed by atoms with Gasteiger partial charge in [-0.2, -0.15) is 0 Å². The van der Waals surface area contributed by atoms with E-state index in [-0.39, 0.29) is 11.4 Å².